The van der Waals surface area contributed by atoms with Crippen LogP contribution in [0.25, 0.3) is 0 Å². The molecule has 0 aromatic heterocycles. The molecule has 5 saturated heterocycles. The Bertz CT molecular complexity index is 435. The van der Waals surface area contributed by atoms with Crippen molar-refractivity contribution in [2.24, 2.45) is 5.92 Å². The first kappa shape index (κ1) is 19.4. The zero-order valence-electron chi connectivity index (χ0n) is 14.7. The van der Waals surface area contributed by atoms with Crippen molar-refractivity contribution in [3.05, 3.63) is 0 Å². The van der Waals surface area contributed by atoms with Crippen LogP contribution in [0.3, 0.4) is 0 Å². The molecule has 0 saturated carbocycles. The maximum Gasteiger partial charge on any atom is 0.186 e. The third-order valence-corrected chi connectivity index (χ3v) is 5.55. The van der Waals surface area contributed by atoms with E-state index in [0.717, 1.165) is 25.7 Å². The predicted molar refractivity (Wildman–Crippen MR) is 85.5 cm³/mol. The van der Waals surface area contributed by atoms with Crippen LogP contribution in [0.4, 0.5) is 0 Å². The second kappa shape index (κ2) is 8.14. The molecule has 5 rings (SSSR count). The van der Waals surface area contributed by atoms with Gasteiger partial charge in [-0.15, -0.1) is 0 Å². The van der Waals surface area contributed by atoms with Gasteiger partial charge in [-0.1, -0.05) is 12.8 Å². The van der Waals surface area contributed by atoms with Gasteiger partial charge in [-0.3, -0.25) is 0 Å². The molecule has 5 aliphatic rings. The van der Waals surface area contributed by atoms with Crippen molar-refractivity contribution in [1.29, 1.82) is 0 Å². The van der Waals surface area contributed by atoms with Crippen molar-refractivity contribution in [3.63, 3.8) is 0 Å². The smallest absolute Gasteiger partial charge is 0.186 e. The number of hydrogen-bond acceptors (Lipinski definition) is 8. The molecule has 10 atom stereocenters. The van der Waals surface area contributed by atoms with Crippen LogP contribution in [0, 0.1) is 5.92 Å². The van der Waals surface area contributed by atoms with E-state index in [4.69, 9.17) is 18.9 Å². The summed E-state index contributed by atoms with van der Waals surface area (Å²) in [5.74, 6) is -0.179. The molecule has 0 aromatic carbocycles. The Morgan fingerprint density at radius 3 is 2.12 bits per heavy atom. The fraction of sp³-hybridized carbons (Fsp3) is 1.00. The average Bonchev–Trinajstić information content (AvgIpc) is 2.58. The van der Waals surface area contributed by atoms with E-state index in [9.17, 15) is 20.4 Å². The maximum atomic E-state index is 10.5. The molecule has 0 spiro atoms. The Morgan fingerprint density at radius 2 is 1.36 bits per heavy atom. The summed E-state index contributed by atoms with van der Waals surface area (Å²) in [5, 5.41) is 41.6. The van der Waals surface area contributed by atoms with Gasteiger partial charge in [0.25, 0.3) is 0 Å². The molecular weight excluding hydrogens is 332 g/mol. The largest absolute Gasteiger partial charge is 0.390 e. The van der Waals surface area contributed by atoms with Crippen molar-refractivity contribution in [2.75, 3.05) is 6.61 Å². The number of aliphatic hydroxyl groups is 4. The van der Waals surface area contributed by atoms with Gasteiger partial charge >= 0.3 is 0 Å². The average molecular weight is 362 g/mol. The quantitative estimate of drug-likeness (QED) is 0.456. The van der Waals surface area contributed by atoms with Crippen molar-refractivity contribution in [1.82, 2.24) is 0 Å². The highest BCUT2D eigenvalue weighted by atomic mass is 16.7. The third-order valence-electron chi connectivity index (χ3n) is 5.55. The van der Waals surface area contributed by atoms with E-state index in [0.29, 0.717) is 6.61 Å². The lowest BCUT2D eigenvalue weighted by Crippen LogP contribution is -2.62. The van der Waals surface area contributed by atoms with Crippen LogP contribution in [-0.2, 0) is 18.9 Å². The lowest BCUT2D eigenvalue weighted by molar-refractivity contribution is -0.348. The zero-order valence-corrected chi connectivity index (χ0v) is 14.7. The fourth-order valence-electron chi connectivity index (χ4n) is 3.95. The van der Waals surface area contributed by atoms with Gasteiger partial charge in [0, 0.05) is 12.5 Å². The highest BCUT2D eigenvalue weighted by molar-refractivity contribution is 4.92. The molecule has 146 valence electrons. The summed E-state index contributed by atoms with van der Waals surface area (Å²) in [6, 6.07) is 0. The molecular formula is C17H30O8. The maximum absolute atomic E-state index is 10.5. The van der Waals surface area contributed by atoms with E-state index in [1.807, 2.05) is 6.92 Å². The van der Waals surface area contributed by atoms with Gasteiger partial charge in [0.2, 0.25) is 0 Å². The van der Waals surface area contributed by atoms with Gasteiger partial charge in [0.05, 0.1) is 18.3 Å². The van der Waals surface area contributed by atoms with Gasteiger partial charge in [-0.25, -0.2) is 0 Å². The standard InChI is InChI=1S/C17H30O8/c1-8-10-6-4-3-5-7-22-16-14(21)12(19)15(9(2)24-16)25-17(23-8)13(20)11(10)18/h8-21H,3-7H2,1-2H3/t8?,9?,10?,11?,12?,13?,14?,15?,16-,17+/m1/s1. The first-order chi connectivity index (χ1) is 11.9. The molecule has 0 aliphatic carbocycles. The molecule has 4 N–H and O–H groups in total. The second-order valence-corrected chi connectivity index (χ2v) is 7.37. The Morgan fingerprint density at radius 1 is 0.680 bits per heavy atom. The molecule has 5 heterocycles. The summed E-state index contributed by atoms with van der Waals surface area (Å²) in [7, 11) is 0. The molecule has 0 amide bonds. The Labute approximate surface area is 147 Å². The summed E-state index contributed by atoms with van der Waals surface area (Å²) >= 11 is 0. The van der Waals surface area contributed by atoms with E-state index in [-0.39, 0.29) is 12.0 Å². The van der Waals surface area contributed by atoms with Crippen LogP contribution >= 0.6 is 0 Å². The van der Waals surface area contributed by atoms with Gasteiger partial charge < -0.3 is 39.4 Å². The minimum Gasteiger partial charge on any atom is -0.390 e. The Balaban J connectivity index is 1.81. The highest BCUT2D eigenvalue weighted by Gasteiger charge is 2.49. The molecule has 8 heteroatoms. The first-order valence-electron chi connectivity index (χ1n) is 9.20. The molecule has 0 aromatic rings. The zero-order chi connectivity index (χ0) is 18.1. The minimum absolute atomic E-state index is 0.179. The van der Waals surface area contributed by atoms with E-state index >= 15 is 0 Å². The van der Waals surface area contributed by atoms with Crippen LogP contribution in [0.15, 0.2) is 0 Å². The Kier molecular flexibility index (Phi) is 6.33. The number of aliphatic hydroxyl groups excluding tert-OH is 4. The van der Waals surface area contributed by atoms with Gasteiger partial charge in [-0.05, 0) is 26.7 Å². The number of rotatable bonds is 0. The summed E-state index contributed by atoms with van der Waals surface area (Å²) in [5.41, 5.74) is 0. The van der Waals surface area contributed by atoms with Crippen LogP contribution in [0.1, 0.15) is 39.5 Å². The summed E-state index contributed by atoms with van der Waals surface area (Å²) in [6.45, 7) is 3.96. The highest BCUT2D eigenvalue weighted by Crippen LogP contribution is 2.33. The van der Waals surface area contributed by atoms with E-state index in [2.05, 4.69) is 0 Å². The van der Waals surface area contributed by atoms with E-state index in [1.165, 1.54) is 0 Å². The fourth-order valence-corrected chi connectivity index (χ4v) is 3.95. The lowest BCUT2D eigenvalue weighted by Gasteiger charge is -2.46. The SMILES string of the molecule is CC1O[C@H]2OC3C(C)O[C@@H](OCCCCCC1C(O)C2O)C(O)C3O. The summed E-state index contributed by atoms with van der Waals surface area (Å²) in [4.78, 5) is 0. The number of ether oxygens (including phenoxy) is 4. The van der Waals surface area contributed by atoms with Crippen LogP contribution in [0.2, 0.25) is 0 Å². The van der Waals surface area contributed by atoms with Gasteiger partial charge in [0.1, 0.15) is 24.4 Å². The van der Waals surface area contributed by atoms with E-state index < -0.39 is 49.2 Å². The Hall–Kier alpha value is -0.320. The summed E-state index contributed by atoms with van der Waals surface area (Å²) < 4.78 is 22.7. The van der Waals surface area contributed by atoms with Gasteiger partial charge in [-0.2, -0.15) is 0 Å². The lowest BCUT2D eigenvalue weighted by atomic mass is 9.85. The van der Waals surface area contributed by atoms with Crippen molar-refractivity contribution < 1.29 is 39.4 Å². The van der Waals surface area contributed by atoms with Gasteiger partial charge in [0.15, 0.2) is 12.6 Å². The van der Waals surface area contributed by atoms with Crippen molar-refractivity contribution >= 4 is 0 Å². The molecule has 0 radical (unpaired) electrons. The van der Waals surface area contributed by atoms with Crippen LogP contribution < -0.4 is 0 Å². The van der Waals surface area contributed by atoms with E-state index in [1.54, 1.807) is 6.92 Å². The molecule has 8 unspecified atom stereocenters. The second-order valence-electron chi connectivity index (χ2n) is 7.37. The van der Waals surface area contributed by atoms with Crippen LogP contribution in [-0.4, -0.2) is 82.3 Å². The van der Waals surface area contributed by atoms with Crippen molar-refractivity contribution in [2.45, 2.75) is 94.8 Å². The molecule has 8 nitrogen and oxygen atoms in total. The summed E-state index contributed by atoms with van der Waals surface area (Å²) in [6.07, 6.45) is -5.23. The minimum atomic E-state index is -1.26. The molecule has 5 fully saturated rings. The molecule has 25 heavy (non-hydrogen) atoms. The molecule has 5 aliphatic heterocycles. The molecule has 4 bridgehead atoms. The van der Waals surface area contributed by atoms with Crippen LogP contribution in [0.5, 0.6) is 0 Å². The van der Waals surface area contributed by atoms with Crippen molar-refractivity contribution in [3.8, 4) is 0 Å². The normalized spacial score (nSPS) is 52.6. The topological polar surface area (TPSA) is 118 Å². The number of hydrogen-bond donors (Lipinski definition) is 4. The predicted octanol–water partition coefficient (Wildman–Crippen LogP) is -0.488. The third kappa shape index (κ3) is 4.01. The first-order valence-corrected chi connectivity index (χ1v) is 9.20. The number of fused-ring (bicyclic) bond motifs is 2. The monoisotopic (exact) mass is 362 g/mol.